The molecule has 0 saturated carbocycles. The maximum atomic E-state index is 13.0. The molecule has 0 aliphatic heterocycles. The number of hydrogen-bond donors (Lipinski definition) is 10. The van der Waals surface area contributed by atoms with Crippen molar-refractivity contribution in [3.8, 4) is 0 Å². The summed E-state index contributed by atoms with van der Waals surface area (Å²) < 4.78 is 0. The number of aliphatic imine (C=N–C) groups is 1. The van der Waals surface area contributed by atoms with Crippen LogP contribution in [0.2, 0.25) is 0 Å². The number of carboxylic acids is 1. The number of nitrogens with two attached hydrogens (primary N) is 5. The number of primary amides is 2. The van der Waals surface area contributed by atoms with Gasteiger partial charge in [0.2, 0.25) is 29.5 Å². The van der Waals surface area contributed by atoms with E-state index in [1.165, 1.54) is 12.5 Å². The minimum absolute atomic E-state index is 0.126. The summed E-state index contributed by atoms with van der Waals surface area (Å²) >= 11 is 0. The Morgan fingerprint density at radius 2 is 1.45 bits per heavy atom. The molecule has 5 amide bonds. The number of rotatable bonds is 17. The van der Waals surface area contributed by atoms with Gasteiger partial charge in [0, 0.05) is 24.9 Å². The van der Waals surface area contributed by atoms with Crippen LogP contribution in [0.15, 0.2) is 17.5 Å². The maximum absolute atomic E-state index is 13.0. The number of H-pyrrole nitrogens is 1. The lowest BCUT2D eigenvalue weighted by molar-refractivity contribution is -0.143. The molecule has 0 saturated heterocycles. The first kappa shape index (κ1) is 31.3. The fraction of sp³-hybridized carbons (Fsp3) is 0.500. The molecule has 210 valence electrons. The average molecular weight is 540 g/mol. The Balaban J connectivity index is 3.01. The van der Waals surface area contributed by atoms with Crippen molar-refractivity contribution in [3.05, 3.63) is 18.2 Å². The van der Waals surface area contributed by atoms with Gasteiger partial charge in [-0.15, -0.1) is 0 Å². The smallest absolute Gasteiger partial charge is 0.326 e. The number of imidazole rings is 1. The summed E-state index contributed by atoms with van der Waals surface area (Å²) in [6.45, 7) is 0.214. The van der Waals surface area contributed by atoms with Gasteiger partial charge >= 0.3 is 5.97 Å². The second-order valence-corrected chi connectivity index (χ2v) is 8.20. The number of nitrogens with zero attached hydrogens (tertiary/aromatic N) is 2. The molecule has 0 spiro atoms. The van der Waals surface area contributed by atoms with Gasteiger partial charge in [-0.05, 0) is 12.8 Å². The molecule has 18 heteroatoms. The predicted octanol–water partition coefficient (Wildman–Crippen LogP) is -5.38. The largest absolute Gasteiger partial charge is 0.480 e. The van der Waals surface area contributed by atoms with Crippen LogP contribution in [0.3, 0.4) is 0 Å². The lowest BCUT2D eigenvalue weighted by Crippen LogP contribution is -2.58. The third kappa shape index (κ3) is 11.8. The van der Waals surface area contributed by atoms with Crippen molar-refractivity contribution in [2.24, 2.45) is 33.7 Å². The van der Waals surface area contributed by atoms with E-state index in [9.17, 15) is 33.9 Å². The number of nitrogens with one attached hydrogen (secondary N) is 4. The summed E-state index contributed by atoms with van der Waals surface area (Å²) in [5.41, 5.74) is 26.9. The van der Waals surface area contributed by atoms with Gasteiger partial charge in [-0.1, -0.05) is 0 Å². The second kappa shape index (κ2) is 15.4. The normalized spacial score (nSPS) is 13.7. The van der Waals surface area contributed by atoms with Crippen LogP contribution in [0.4, 0.5) is 0 Å². The summed E-state index contributed by atoms with van der Waals surface area (Å²) in [7, 11) is 0. The number of amides is 5. The number of aliphatic carboxylic acids is 1. The lowest BCUT2D eigenvalue weighted by atomic mass is 10.1. The maximum Gasteiger partial charge on any atom is 0.326 e. The van der Waals surface area contributed by atoms with Crippen molar-refractivity contribution in [1.29, 1.82) is 0 Å². The van der Waals surface area contributed by atoms with E-state index in [-0.39, 0.29) is 25.3 Å². The standard InChI is InChI=1S/C20H33N11O7/c21-10(2-1-3-27-20(24)25)16(34)29-12(5-14(22)32)18(36)30-11(4-9-7-26-8-28-9)17(35)31-13(19(37)38)6-15(23)33/h7-8,10-13H,1-6,21H2,(H2,22,32)(H2,23,33)(H,26,28)(H,29,34)(H,30,36)(H,31,35)(H,37,38)(H4,24,25,27). The number of carbonyl (C=O) groups is 6. The first-order valence-electron chi connectivity index (χ1n) is 11.3. The fourth-order valence-corrected chi connectivity index (χ4v) is 3.11. The minimum atomic E-state index is -1.67. The van der Waals surface area contributed by atoms with Gasteiger partial charge in [0.1, 0.15) is 18.1 Å². The van der Waals surface area contributed by atoms with Gasteiger partial charge in [-0.3, -0.25) is 29.0 Å². The van der Waals surface area contributed by atoms with E-state index in [0.717, 1.165) is 0 Å². The molecule has 0 aliphatic rings. The molecule has 0 aromatic carbocycles. The van der Waals surface area contributed by atoms with Gasteiger partial charge in [-0.25, -0.2) is 9.78 Å². The van der Waals surface area contributed by atoms with Crippen LogP contribution in [0, 0.1) is 0 Å². The Labute approximate surface area is 216 Å². The number of carboxylic acid groups (broad SMARTS) is 1. The first-order valence-corrected chi connectivity index (χ1v) is 11.3. The highest BCUT2D eigenvalue weighted by atomic mass is 16.4. The van der Waals surface area contributed by atoms with Crippen molar-refractivity contribution in [2.45, 2.75) is 56.3 Å². The van der Waals surface area contributed by atoms with Gasteiger partial charge in [0.05, 0.1) is 25.2 Å². The number of guanidine groups is 1. The SMILES string of the molecule is NC(=O)CC(NC(=O)C(Cc1cnc[nH]1)NC(=O)C(CC(N)=O)NC(=O)C(N)CCCN=C(N)N)C(=O)O. The second-order valence-electron chi connectivity index (χ2n) is 8.20. The Hall–Kier alpha value is -4.74. The molecule has 1 rings (SSSR count). The molecule has 15 N–H and O–H groups in total. The molecule has 0 fully saturated rings. The summed E-state index contributed by atoms with van der Waals surface area (Å²) in [5, 5.41) is 16.1. The summed E-state index contributed by atoms with van der Waals surface area (Å²) in [4.78, 5) is 82.8. The molecule has 0 radical (unpaired) electrons. The Morgan fingerprint density at radius 1 is 0.895 bits per heavy atom. The van der Waals surface area contributed by atoms with E-state index < -0.39 is 72.5 Å². The van der Waals surface area contributed by atoms with E-state index in [0.29, 0.717) is 12.1 Å². The number of hydrogen-bond acceptors (Lipinski definition) is 9. The molecular weight excluding hydrogens is 506 g/mol. The van der Waals surface area contributed by atoms with Crippen molar-refractivity contribution >= 4 is 41.5 Å². The zero-order valence-electron chi connectivity index (χ0n) is 20.4. The zero-order valence-corrected chi connectivity index (χ0v) is 20.4. The van der Waals surface area contributed by atoms with Gasteiger partial charge in [0.15, 0.2) is 5.96 Å². The molecule has 1 heterocycles. The number of aromatic nitrogens is 2. The van der Waals surface area contributed by atoms with Crippen LogP contribution in [0.5, 0.6) is 0 Å². The topological polar surface area (TPSA) is 330 Å². The van der Waals surface area contributed by atoms with Gasteiger partial charge in [0.25, 0.3) is 0 Å². The molecule has 1 aromatic heterocycles. The Bertz CT molecular complexity index is 1020. The summed E-state index contributed by atoms with van der Waals surface area (Å²) in [5.74, 6) is -6.32. The quantitative estimate of drug-likeness (QED) is 0.0505. The van der Waals surface area contributed by atoms with Crippen molar-refractivity contribution < 1.29 is 33.9 Å². The highest BCUT2D eigenvalue weighted by Gasteiger charge is 2.32. The molecular formula is C20H33N11O7. The van der Waals surface area contributed by atoms with E-state index in [4.69, 9.17) is 28.7 Å². The summed E-state index contributed by atoms with van der Waals surface area (Å²) in [6, 6.07) is -5.68. The van der Waals surface area contributed by atoms with Crippen molar-refractivity contribution in [3.63, 3.8) is 0 Å². The molecule has 18 nitrogen and oxygen atoms in total. The Kier molecular flexibility index (Phi) is 12.7. The number of aromatic amines is 1. The van der Waals surface area contributed by atoms with Crippen LogP contribution in [-0.2, 0) is 35.2 Å². The van der Waals surface area contributed by atoms with E-state index in [1.807, 2.05) is 0 Å². The van der Waals surface area contributed by atoms with Crippen LogP contribution >= 0.6 is 0 Å². The molecule has 0 bridgehead atoms. The minimum Gasteiger partial charge on any atom is -0.480 e. The van der Waals surface area contributed by atoms with Crippen LogP contribution in [0.25, 0.3) is 0 Å². The third-order valence-electron chi connectivity index (χ3n) is 4.97. The summed E-state index contributed by atoms with van der Waals surface area (Å²) in [6.07, 6.45) is 1.64. The van der Waals surface area contributed by atoms with Crippen LogP contribution in [-0.4, -0.2) is 87.3 Å². The van der Waals surface area contributed by atoms with Crippen LogP contribution < -0.4 is 44.6 Å². The molecule has 1 aromatic rings. The highest BCUT2D eigenvalue weighted by molar-refractivity contribution is 5.96. The molecule has 38 heavy (non-hydrogen) atoms. The predicted molar refractivity (Wildman–Crippen MR) is 131 cm³/mol. The first-order chi connectivity index (χ1) is 17.8. The Morgan fingerprint density at radius 3 is 1.97 bits per heavy atom. The lowest BCUT2D eigenvalue weighted by Gasteiger charge is -2.24. The van der Waals surface area contributed by atoms with Crippen molar-refractivity contribution in [2.75, 3.05) is 6.54 Å². The molecule has 4 atom stereocenters. The van der Waals surface area contributed by atoms with E-state index in [2.05, 4.69) is 30.9 Å². The van der Waals surface area contributed by atoms with Crippen molar-refractivity contribution in [1.82, 2.24) is 25.9 Å². The molecule has 0 aliphatic carbocycles. The van der Waals surface area contributed by atoms with E-state index >= 15 is 0 Å². The molecule has 4 unspecified atom stereocenters. The fourth-order valence-electron chi connectivity index (χ4n) is 3.11. The van der Waals surface area contributed by atoms with Gasteiger partial charge in [-0.2, -0.15) is 0 Å². The number of carbonyl (C=O) groups excluding carboxylic acids is 5. The third-order valence-corrected chi connectivity index (χ3v) is 4.97. The van der Waals surface area contributed by atoms with Gasteiger partial charge < -0.3 is 54.7 Å². The zero-order chi connectivity index (χ0) is 28.8. The monoisotopic (exact) mass is 539 g/mol. The van der Waals surface area contributed by atoms with Crippen LogP contribution in [0.1, 0.15) is 31.4 Å². The average Bonchev–Trinajstić information content (AvgIpc) is 3.32. The van der Waals surface area contributed by atoms with E-state index in [1.54, 1.807) is 0 Å². The highest BCUT2D eigenvalue weighted by Crippen LogP contribution is 2.04.